The molecule has 0 saturated carbocycles. The zero-order valence-electron chi connectivity index (χ0n) is 17.2. The second kappa shape index (κ2) is 9.65. The molecular weight excluding hydrogens is 384 g/mol. The molecule has 3 rings (SSSR count). The maximum Gasteiger partial charge on any atom is 0.272 e. The van der Waals surface area contributed by atoms with Crippen molar-refractivity contribution in [2.24, 2.45) is 7.05 Å². The van der Waals surface area contributed by atoms with Crippen LogP contribution in [0.25, 0.3) is 0 Å². The number of hydrogen-bond acceptors (Lipinski definition) is 5. The second-order valence-electron chi connectivity index (χ2n) is 6.52. The molecular formula is C23H24N2O5. The summed E-state index contributed by atoms with van der Waals surface area (Å²) in [6.45, 7) is 2.55. The Labute approximate surface area is 174 Å². The van der Waals surface area contributed by atoms with Crippen molar-refractivity contribution >= 4 is 11.6 Å². The maximum atomic E-state index is 12.7. The molecule has 30 heavy (non-hydrogen) atoms. The van der Waals surface area contributed by atoms with Gasteiger partial charge in [-0.2, -0.15) is 0 Å². The van der Waals surface area contributed by atoms with E-state index < -0.39 is 5.91 Å². The fourth-order valence-corrected chi connectivity index (χ4v) is 2.90. The zero-order valence-corrected chi connectivity index (χ0v) is 17.2. The van der Waals surface area contributed by atoms with Crippen LogP contribution in [0.3, 0.4) is 0 Å². The van der Waals surface area contributed by atoms with E-state index in [0.717, 1.165) is 5.56 Å². The molecule has 0 spiro atoms. The normalized spacial score (nSPS) is 10.4. The van der Waals surface area contributed by atoms with E-state index in [1.807, 2.05) is 37.3 Å². The third-order valence-electron chi connectivity index (χ3n) is 4.40. The number of amides is 1. The molecule has 0 radical (unpaired) electrons. The van der Waals surface area contributed by atoms with Crippen molar-refractivity contribution in [1.29, 1.82) is 0 Å². The van der Waals surface area contributed by atoms with Crippen LogP contribution >= 0.6 is 0 Å². The molecule has 7 nitrogen and oxygen atoms in total. The summed E-state index contributed by atoms with van der Waals surface area (Å²) in [7, 11) is 3.27. The number of carbonyl (C=O) groups excluding carboxylic acids is 1. The molecule has 0 saturated heterocycles. The van der Waals surface area contributed by atoms with Gasteiger partial charge < -0.3 is 24.1 Å². The van der Waals surface area contributed by atoms with Gasteiger partial charge in [0.1, 0.15) is 23.8 Å². The minimum atomic E-state index is -0.416. The highest BCUT2D eigenvalue weighted by Crippen LogP contribution is 2.24. The molecule has 7 heteroatoms. The average molecular weight is 408 g/mol. The van der Waals surface area contributed by atoms with Crippen LogP contribution < -0.4 is 25.0 Å². The maximum absolute atomic E-state index is 12.7. The van der Waals surface area contributed by atoms with E-state index in [1.54, 1.807) is 36.9 Å². The van der Waals surface area contributed by atoms with Gasteiger partial charge in [-0.15, -0.1) is 0 Å². The minimum Gasteiger partial charge on any atom is -0.497 e. The number of carbonyl (C=O) groups is 1. The van der Waals surface area contributed by atoms with Gasteiger partial charge in [0.2, 0.25) is 5.43 Å². The highest BCUT2D eigenvalue weighted by molar-refractivity contribution is 6.03. The number of methoxy groups -OCH3 is 1. The summed E-state index contributed by atoms with van der Waals surface area (Å²) in [5.74, 6) is 1.02. The number of hydrogen-bond donors (Lipinski definition) is 1. The van der Waals surface area contributed by atoms with E-state index in [9.17, 15) is 9.59 Å². The molecule has 3 aromatic rings. The third-order valence-corrected chi connectivity index (χ3v) is 4.40. The number of aryl methyl sites for hydroxylation is 1. The number of nitrogens with zero attached hydrogens (tertiary/aromatic N) is 1. The summed E-state index contributed by atoms with van der Waals surface area (Å²) in [5.41, 5.74) is 1.24. The van der Waals surface area contributed by atoms with Gasteiger partial charge >= 0.3 is 0 Å². The van der Waals surface area contributed by atoms with Crippen LogP contribution in [0.5, 0.6) is 17.2 Å². The number of benzene rings is 2. The fraction of sp³-hybridized carbons (Fsp3) is 0.217. The van der Waals surface area contributed by atoms with Gasteiger partial charge in [-0.25, -0.2) is 0 Å². The summed E-state index contributed by atoms with van der Waals surface area (Å²) in [4.78, 5) is 25.2. The third kappa shape index (κ3) is 5.00. The first kappa shape index (κ1) is 21.0. The minimum absolute atomic E-state index is 0.159. The highest BCUT2D eigenvalue weighted by Gasteiger charge is 2.15. The largest absolute Gasteiger partial charge is 0.497 e. The summed E-state index contributed by atoms with van der Waals surface area (Å²) in [5, 5.41) is 2.79. The van der Waals surface area contributed by atoms with Crippen LogP contribution in [-0.2, 0) is 13.7 Å². The molecule has 2 aromatic carbocycles. The number of ether oxygens (including phenoxy) is 3. The average Bonchev–Trinajstić information content (AvgIpc) is 2.75. The van der Waals surface area contributed by atoms with Gasteiger partial charge in [0.25, 0.3) is 5.91 Å². The van der Waals surface area contributed by atoms with Crippen molar-refractivity contribution in [3.63, 3.8) is 0 Å². The Bertz CT molecular complexity index is 1090. The van der Waals surface area contributed by atoms with Crippen molar-refractivity contribution in [3.8, 4) is 17.2 Å². The molecule has 0 aliphatic rings. The highest BCUT2D eigenvalue weighted by atomic mass is 16.5. The lowest BCUT2D eigenvalue weighted by Crippen LogP contribution is -2.22. The number of anilines is 1. The van der Waals surface area contributed by atoms with Gasteiger partial charge in [-0.1, -0.05) is 24.3 Å². The predicted octanol–water partition coefficient (Wildman–Crippen LogP) is 3.62. The SMILES string of the molecule is CCOc1ccccc1NC(=O)c1cc(=O)c(OCc2cccc(OC)c2)cn1C. The van der Waals surface area contributed by atoms with Crippen LogP contribution in [0.1, 0.15) is 23.0 Å². The first-order valence-electron chi connectivity index (χ1n) is 9.51. The Balaban J connectivity index is 1.75. The lowest BCUT2D eigenvalue weighted by molar-refractivity contribution is 0.101. The molecule has 0 unspecified atom stereocenters. The van der Waals surface area contributed by atoms with Crippen LogP contribution in [0, 0.1) is 0 Å². The van der Waals surface area contributed by atoms with Gasteiger partial charge in [0, 0.05) is 13.1 Å². The molecule has 0 aliphatic heterocycles. The van der Waals surface area contributed by atoms with Crippen LogP contribution in [0.4, 0.5) is 5.69 Å². The first-order chi connectivity index (χ1) is 14.5. The molecule has 0 bridgehead atoms. The van der Waals surface area contributed by atoms with Crippen LogP contribution in [0.2, 0.25) is 0 Å². The lowest BCUT2D eigenvalue weighted by atomic mass is 10.2. The Hall–Kier alpha value is -3.74. The summed E-state index contributed by atoms with van der Waals surface area (Å²) >= 11 is 0. The first-order valence-corrected chi connectivity index (χ1v) is 9.51. The molecule has 1 heterocycles. The molecule has 0 fully saturated rings. The molecule has 1 amide bonds. The number of pyridine rings is 1. The Morgan fingerprint density at radius 2 is 1.83 bits per heavy atom. The summed E-state index contributed by atoms with van der Waals surface area (Å²) in [6, 6.07) is 15.8. The Morgan fingerprint density at radius 1 is 1.03 bits per heavy atom. The van der Waals surface area contributed by atoms with Gasteiger partial charge in [-0.3, -0.25) is 9.59 Å². The quantitative estimate of drug-likeness (QED) is 0.616. The number of nitrogens with one attached hydrogen (secondary N) is 1. The summed E-state index contributed by atoms with van der Waals surface area (Å²) < 4.78 is 17.9. The number of aromatic nitrogens is 1. The standard InChI is InChI=1S/C23H24N2O5/c1-4-29-21-11-6-5-10-18(21)24-23(27)19-13-20(26)22(14-25(19)2)30-15-16-8-7-9-17(12-16)28-3/h5-14H,4,15H2,1-3H3,(H,24,27). The lowest BCUT2D eigenvalue weighted by Gasteiger charge is -2.14. The molecule has 0 aliphatic carbocycles. The van der Waals surface area contributed by atoms with E-state index in [4.69, 9.17) is 14.2 Å². The van der Waals surface area contributed by atoms with Gasteiger partial charge in [-0.05, 0) is 36.8 Å². The number of rotatable bonds is 8. The predicted molar refractivity (Wildman–Crippen MR) is 115 cm³/mol. The van der Waals surface area contributed by atoms with Crippen molar-refractivity contribution in [2.75, 3.05) is 19.0 Å². The fourth-order valence-electron chi connectivity index (χ4n) is 2.90. The topological polar surface area (TPSA) is 78.8 Å². The molecule has 0 atom stereocenters. The van der Waals surface area contributed by atoms with Crippen LogP contribution in [0.15, 0.2) is 65.6 Å². The Morgan fingerprint density at radius 3 is 2.60 bits per heavy atom. The van der Waals surface area contributed by atoms with Crippen LogP contribution in [-0.4, -0.2) is 24.2 Å². The van der Waals surface area contributed by atoms with Gasteiger partial charge in [0.05, 0.1) is 25.6 Å². The Kier molecular flexibility index (Phi) is 6.75. The van der Waals surface area contributed by atoms with E-state index in [0.29, 0.717) is 23.8 Å². The van der Waals surface area contributed by atoms with E-state index in [2.05, 4.69) is 5.32 Å². The second-order valence-corrected chi connectivity index (χ2v) is 6.52. The monoisotopic (exact) mass is 408 g/mol. The van der Waals surface area contributed by atoms with Crippen molar-refractivity contribution in [2.45, 2.75) is 13.5 Å². The zero-order chi connectivity index (χ0) is 21.5. The summed E-state index contributed by atoms with van der Waals surface area (Å²) in [6.07, 6.45) is 1.51. The van der Waals surface area contributed by atoms with Crippen molar-refractivity contribution < 1.29 is 19.0 Å². The van der Waals surface area contributed by atoms with E-state index >= 15 is 0 Å². The molecule has 156 valence electrons. The smallest absolute Gasteiger partial charge is 0.272 e. The number of para-hydroxylation sites is 2. The van der Waals surface area contributed by atoms with Gasteiger partial charge in [0.15, 0.2) is 5.75 Å². The van der Waals surface area contributed by atoms with Crippen molar-refractivity contribution in [1.82, 2.24) is 4.57 Å². The molecule has 1 N–H and O–H groups in total. The van der Waals surface area contributed by atoms with E-state index in [1.165, 1.54) is 12.3 Å². The van der Waals surface area contributed by atoms with Crippen molar-refractivity contribution in [3.05, 3.63) is 82.3 Å². The van der Waals surface area contributed by atoms with E-state index in [-0.39, 0.29) is 23.5 Å². The molecule has 1 aromatic heterocycles.